The predicted octanol–water partition coefficient (Wildman–Crippen LogP) is 3.75. The van der Waals surface area contributed by atoms with Gasteiger partial charge in [0.1, 0.15) is 5.75 Å². The molecular weight excluding hydrogens is 308 g/mol. The number of nitro benzene ring substituents is 1. The van der Waals surface area contributed by atoms with Gasteiger partial charge in [-0.25, -0.2) is 0 Å². The van der Waals surface area contributed by atoms with Gasteiger partial charge in [0, 0.05) is 24.7 Å². The number of methoxy groups -OCH3 is 1. The lowest BCUT2D eigenvalue weighted by molar-refractivity contribution is -0.384. The summed E-state index contributed by atoms with van der Waals surface area (Å²) in [6.45, 7) is 3.74. The molecule has 0 aliphatic heterocycles. The van der Waals surface area contributed by atoms with Crippen molar-refractivity contribution in [1.82, 2.24) is 4.90 Å². The maximum absolute atomic E-state index is 12.7. The van der Waals surface area contributed by atoms with Crippen LogP contribution in [0.15, 0.2) is 42.5 Å². The van der Waals surface area contributed by atoms with E-state index in [0.717, 1.165) is 5.56 Å². The lowest BCUT2D eigenvalue weighted by atomic mass is 10.0. The summed E-state index contributed by atoms with van der Waals surface area (Å²) in [4.78, 5) is 24.7. The topological polar surface area (TPSA) is 72.7 Å². The van der Waals surface area contributed by atoms with E-state index >= 15 is 0 Å². The Labute approximate surface area is 140 Å². The number of hydrogen-bond donors (Lipinski definition) is 0. The molecule has 6 heteroatoms. The molecule has 0 N–H and O–H groups in total. The summed E-state index contributed by atoms with van der Waals surface area (Å²) in [6, 6.07) is 11.3. The van der Waals surface area contributed by atoms with Crippen LogP contribution in [0.25, 0.3) is 0 Å². The smallest absolute Gasteiger partial charge is 0.269 e. The second-order valence-electron chi connectivity index (χ2n) is 5.63. The van der Waals surface area contributed by atoms with Gasteiger partial charge < -0.3 is 9.64 Å². The van der Waals surface area contributed by atoms with Crippen LogP contribution in [0.3, 0.4) is 0 Å². The van der Waals surface area contributed by atoms with Gasteiger partial charge in [-0.3, -0.25) is 14.9 Å². The minimum Gasteiger partial charge on any atom is -0.496 e. The Bertz CT molecular complexity index is 773. The van der Waals surface area contributed by atoms with Gasteiger partial charge in [-0.2, -0.15) is 0 Å². The molecule has 24 heavy (non-hydrogen) atoms. The molecule has 0 bridgehead atoms. The van der Waals surface area contributed by atoms with Gasteiger partial charge in [0.25, 0.3) is 11.6 Å². The molecule has 0 unspecified atom stereocenters. The summed E-state index contributed by atoms with van der Waals surface area (Å²) in [5, 5.41) is 10.9. The third-order valence-corrected chi connectivity index (χ3v) is 4.12. The molecular formula is C18H20N2O4. The third-order valence-electron chi connectivity index (χ3n) is 4.12. The molecule has 0 aliphatic rings. The first-order valence-electron chi connectivity index (χ1n) is 7.51. The average molecular weight is 328 g/mol. The highest BCUT2D eigenvalue weighted by atomic mass is 16.6. The molecule has 0 aliphatic carbocycles. The van der Waals surface area contributed by atoms with Crippen LogP contribution >= 0.6 is 0 Å². The fourth-order valence-electron chi connectivity index (χ4n) is 2.45. The van der Waals surface area contributed by atoms with Crippen LogP contribution in [0, 0.1) is 17.0 Å². The first-order chi connectivity index (χ1) is 11.3. The maximum atomic E-state index is 12.7. The maximum Gasteiger partial charge on any atom is 0.269 e. The van der Waals surface area contributed by atoms with E-state index in [4.69, 9.17) is 4.74 Å². The van der Waals surface area contributed by atoms with Crippen molar-refractivity contribution in [1.29, 1.82) is 0 Å². The van der Waals surface area contributed by atoms with Crippen LogP contribution in [0.1, 0.15) is 34.5 Å². The van der Waals surface area contributed by atoms with Crippen molar-refractivity contribution < 1.29 is 14.5 Å². The molecule has 0 heterocycles. The summed E-state index contributed by atoms with van der Waals surface area (Å²) in [5.41, 5.74) is 2.18. The molecule has 0 saturated carbocycles. The molecule has 0 saturated heterocycles. The van der Waals surface area contributed by atoms with E-state index in [2.05, 4.69) is 0 Å². The average Bonchev–Trinajstić information content (AvgIpc) is 2.60. The third kappa shape index (κ3) is 3.53. The zero-order chi connectivity index (χ0) is 17.9. The number of carbonyl (C=O) groups is 1. The molecule has 1 atom stereocenters. The van der Waals surface area contributed by atoms with Crippen LogP contribution < -0.4 is 4.74 Å². The summed E-state index contributed by atoms with van der Waals surface area (Å²) >= 11 is 0. The van der Waals surface area contributed by atoms with Crippen molar-refractivity contribution >= 4 is 11.6 Å². The Hall–Kier alpha value is -2.89. The summed E-state index contributed by atoms with van der Waals surface area (Å²) < 4.78 is 5.26. The number of nitrogens with zero attached hydrogens (tertiary/aromatic N) is 2. The van der Waals surface area contributed by atoms with Gasteiger partial charge in [-0.15, -0.1) is 0 Å². The highest BCUT2D eigenvalue weighted by Gasteiger charge is 2.21. The second-order valence-corrected chi connectivity index (χ2v) is 5.63. The predicted molar refractivity (Wildman–Crippen MR) is 91.3 cm³/mol. The standard InChI is InChI=1S/C18H20N2O4/c1-12-8-9-15(11-17(12)24-4)18(21)19(3)13(2)14-6-5-7-16(10-14)20(22)23/h5-11,13H,1-4H3/t13-/m0/s1. The number of rotatable bonds is 5. The largest absolute Gasteiger partial charge is 0.496 e. The number of carbonyl (C=O) groups excluding carboxylic acids is 1. The Kier molecular flexibility index (Phi) is 5.18. The second kappa shape index (κ2) is 7.12. The van der Waals surface area contributed by atoms with E-state index in [1.54, 1.807) is 43.3 Å². The molecule has 0 spiro atoms. The SMILES string of the molecule is COc1cc(C(=O)N(C)[C@@H](C)c2cccc([N+](=O)[O-])c2)ccc1C. The lowest BCUT2D eigenvalue weighted by Gasteiger charge is -2.25. The molecule has 2 rings (SSSR count). The zero-order valence-electron chi connectivity index (χ0n) is 14.1. The van der Waals surface area contributed by atoms with E-state index < -0.39 is 4.92 Å². The molecule has 0 fully saturated rings. The number of nitro groups is 1. The molecule has 126 valence electrons. The van der Waals surface area contributed by atoms with E-state index in [1.165, 1.54) is 12.1 Å². The van der Waals surface area contributed by atoms with E-state index in [1.807, 2.05) is 19.9 Å². The highest BCUT2D eigenvalue weighted by Crippen LogP contribution is 2.26. The minimum atomic E-state index is -0.442. The monoisotopic (exact) mass is 328 g/mol. The van der Waals surface area contributed by atoms with Crippen molar-refractivity contribution in [2.45, 2.75) is 19.9 Å². The van der Waals surface area contributed by atoms with Gasteiger partial charge in [0.05, 0.1) is 18.1 Å². The van der Waals surface area contributed by atoms with E-state index in [9.17, 15) is 14.9 Å². The molecule has 2 aromatic rings. The van der Waals surface area contributed by atoms with Crippen molar-refractivity contribution in [3.8, 4) is 5.75 Å². The first-order valence-corrected chi connectivity index (χ1v) is 7.51. The molecule has 6 nitrogen and oxygen atoms in total. The summed E-state index contributed by atoms with van der Waals surface area (Å²) in [6.07, 6.45) is 0. The van der Waals surface area contributed by atoms with E-state index in [-0.39, 0.29) is 17.6 Å². The first kappa shape index (κ1) is 17.5. The van der Waals surface area contributed by atoms with Crippen molar-refractivity contribution in [3.05, 3.63) is 69.3 Å². The number of ether oxygens (including phenoxy) is 1. The van der Waals surface area contributed by atoms with Crippen LogP contribution in [0.2, 0.25) is 0 Å². The van der Waals surface area contributed by atoms with Crippen molar-refractivity contribution in [3.63, 3.8) is 0 Å². The Morgan fingerprint density at radius 2 is 1.96 bits per heavy atom. The summed E-state index contributed by atoms with van der Waals surface area (Å²) in [7, 11) is 3.24. The fourth-order valence-corrected chi connectivity index (χ4v) is 2.45. The number of aryl methyl sites for hydroxylation is 1. The number of benzene rings is 2. The van der Waals surface area contributed by atoms with Crippen LogP contribution in [0.4, 0.5) is 5.69 Å². The van der Waals surface area contributed by atoms with E-state index in [0.29, 0.717) is 16.9 Å². The zero-order valence-corrected chi connectivity index (χ0v) is 14.1. The number of amides is 1. The Morgan fingerprint density at radius 3 is 2.58 bits per heavy atom. The minimum absolute atomic E-state index is 0.0113. The summed E-state index contributed by atoms with van der Waals surface area (Å²) in [5.74, 6) is 0.476. The fraction of sp³-hybridized carbons (Fsp3) is 0.278. The van der Waals surface area contributed by atoms with Gasteiger partial charge >= 0.3 is 0 Å². The normalized spacial score (nSPS) is 11.7. The van der Waals surface area contributed by atoms with Crippen molar-refractivity contribution in [2.24, 2.45) is 0 Å². The van der Waals surface area contributed by atoms with Gasteiger partial charge in [-0.1, -0.05) is 18.2 Å². The quantitative estimate of drug-likeness (QED) is 0.619. The number of hydrogen-bond acceptors (Lipinski definition) is 4. The molecule has 2 aromatic carbocycles. The van der Waals surface area contributed by atoms with Crippen LogP contribution in [-0.2, 0) is 0 Å². The number of non-ortho nitro benzene ring substituents is 1. The molecule has 1 amide bonds. The van der Waals surface area contributed by atoms with Gasteiger partial charge in [0.2, 0.25) is 0 Å². The highest BCUT2D eigenvalue weighted by molar-refractivity contribution is 5.94. The van der Waals surface area contributed by atoms with Crippen molar-refractivity contribution in [2.75, 3.05) is 14.2 Å². The molecule has 0 radical (unpaired) electrons. The Morgan fingerprint density at radius 1 is 1.25 bits per heavy atom. The molecule has 0 aromatic heterocycles. The van der Waals surface area contributed by atoms with Crippen LogP contribution in [-0.4, -0.2) is 29.9 Å². The Balaban J connectivity index is 2.27. The van der Waals surface area contributed by atoms with Gasteiger partial charge in [0.15, 0.2) is 0 Å². The van der Waals surface area contributed by atoms with Gasteiger partial charge in [-0.05, 0) is 37.1 Å². The lowest BCUT2D eigenvalue weighted by Crippen LogP contribution is -2.29. The van der Waals surface area contributed by atoms with Crippen LogP contribution in [0.5, 0.6) is 5.75 Å².